The summed E-state index contributed by atoms with van der Waals surface area (Å²) in [7, 11) is 0. The molecule has 4 rings (SSSR count). The van der Waals surface area contributed by atoms with Crippen LogP contribution in [0, 0.1) is 13.8 Å². The van der Waals surface area contributed by atoms with Gasteiger partial charge in [0.25, 0.3) is 5.91 Å². The number of fused-ring (bicyclic) bond motifs is 1. The number of rotatable bonds is 3. The van der Waals surface area contributed by atoms with Crippen LogP contribution in [0.4, 0.5) is 12.0 Å². The van der Waals surface area contributed by atoms with E-state index in [2.05, 4.69) is 20.3 Å². The minimum atomic E-state index is -0.0586. The molecule has 0 bridgehead atoms. The van der Waals surface area contributed by atoms with Gasteiger partial charge in [0.2, 0.25) is 5.95 Å². The number of nitrogens with one attached hydrogen (secondary N) is 1. The van der Waals surface area contributed by atoms with Crippen LogP contribution in [0.25, 0.3) is 11.1 Å². The van der Waals surface area contributed by atoms with Gasteiger partial charge < -0.3 is 14.1 Å². The van der Waals surface area contributed by atoms with E-state index in [1.807, 2.05) is 24.3 Å². The fourth-order valence-electron chi connectivity index (χ4n) is 3.03. The summed E-state index contributed by atoms with van der Waals surface area (Å²) in [5.74, 6) is 0.293. The minimum absolute atomic E-state index is 0.0586. The average molecular weight is 353 g/mol. The zero-order valence-corrected chi connectivity index (χ0v) is 14.7. The van der Waals surface area contributed by atoms with Crippen molar-refractivity contribution in [3.63, 3.8) is 0 Å². The van der Waals surface area contributed by atoms with Crippen molar-refractivity contribution in [3.05, 3.63) is 41.2 Å². The molecule has 1 amide bonds. The van der Waals surface area contributed by atoms with Gasteiger partial charge in [0.1, 0.15) is 5.52 Å². The molecule has 1 N–H and O–H groups in total. The van der Waals surface area contributed by atoms with E-state index in [1.54, 1.807) is 18.7 Å². The number of aryl methyl sites for hydroxylation is 2. The molecule has 0 saturated carbocycles. The molecular formula is C18H19N5O3. The third kappa shape index (κ3) is 3.11. The normalized spacial score (nSPS) is 14.6. The topological polar surface area (TPSA) is 93.4 Å². The summed E-state index contributed by atoms with van der Waals surface area (Å²) < 4.78 is 10.9. The largest absolute Gasteiger partial charge is 0.423 e. The Morgan fingerprint density at radius 2 is 1.77 bits per heavy atom. The van der Waals surface area contributed by atoms with Gasteiger partial charge in [-0.05, 0) is 26.0 Å². The highest BCUT2D eigenvalue weighted by molar-refractivity contribution is 5.96. The molecule has 0 aliphatic carbocycles. The second kappa shape index (κ2) is 6.72. The van der Waals surface area contributed by atoms with Gasteiger partial charge in [0, 0.05) is 13.1 Å². The van der Waals surface area contributed by atoms with Gasteiger partial charge >= 0.3 is 6.01 Å². The van der Waals surface area contributed by atoms with Crippen molar-refractivity contribution in [3.8, 4) is 0 Å². The van der Waals surface area contributed by atoms with Crippen LogP contribution in [-0.2, 0) is 4.74 Å². The lowest BCUT2D eigenvalue weighted by Crippen LogP contribution is -2.41. The number of amides is 1. The van der Waals surface area contributed by atoms with Gasteiger partial charge in [-0.2, -0.15) is 4.98 Å². The van der Waals surface area contributed by atoms with Gasteiger partial charge in [-0.25, -0.2) is 9.97 Å². The number of nitrogens with zero attached hydrogens (tertiary/aromatic N) is 4. The molecule has 134 valence electrons. The molecule has 1 aliphatic rings. The SMILES string of the molecule is Cc1nc(Nc2nc3ccccc3o2)nc(C)c1C(=O)N1CCOCC1. The Labute approximate surface area is 150 Å². The molecule has 8 nitrogen and oxygen atoms in total. The number of oxazole rings is 1. The molecule has 0 spiro atoms. The molecule has 0 unspecified atom stereocenters. The summed E-state index contributed by atoms with van der Waals surface area (Å²) in [6, 6.07) is 7.80. The first-order valence-electron chi connectivity index (χ1n) is 8.46. The highest BCUT2D eigenvalue weighted by Gasteiger charge is 2.24. The molecule has 3 heterocycles. The average Bonchev–Trinajstić information content (AvgIpc) is 3.04. The Bertz CT molecular complexity index is 906. The molecule has 1 saturated heterocycles. The van der Waals surface area contributed by atoms with Crippen molar-refractivity contribution in [2.45, 2.75) is 13.8 Å². The number of carbonyl (C=O) groups excluding carboxylic acids is 1. The van der Waals surface area contributed by atoms with Crippen molar-refractivity contribution in [2.75, 3.05) is 31.6 Å². The standard InChI is InChI=1S/C18H19N5O3/c1-11-15(16(24)23-7-9-25-10-8-23)12(2)20-17(19-11)22-18-21-13-5-3-4-6-14(13)26-18/h3-6H,7-10H2,1-2H3,(H,19,20,21,22). The van der Waals surface area contributed by atoms with E-state index >= 15 is 0 Å². The number of aromatic nitrogens is 3. The number of hydrogen-bond donors (Lipinski definition) is 1. The number of anilines is 2. The number of ether oxygens (including phenoxy) is 1. The van der Waals surface area contributed by atoms with Crippen LogP contribution in [0.5, 0.6) is 0 Å². The first kappa shape index (κ1) is 16.5. The molecule has 1 aromatic carbocycles. The quantitative estimate of drug-likeness (QED) is 0.773. The fourth-order valence-corrected chi connectivity index (χ4v) is 3.03. The summed E-state index contributed by atoms with van der Waals surface area (Å²) in [6.45, 7) is 5.89. The van der Waals surface area contributed by atoms with Gasteiger partial charge in [-0.15, -0.1) is 0 Å². The van der Waals surface area contributed by atoms with Crippen LogP contribution in [0.2, 0.25) is 0 Å². The van der Waals surface area contributed by atoms with E-state index in [0.717, 1.165) is 5.52 Å². The maximum absolute atomic E-state index is 12.8. The van der Waals surface area contributed by atoms with Crippen molar-refractivity contribution >= 4 is 29.0 Å². The second-order valence-corrected chi connectivity index (χ2v) is 6.11. The summed E-state index contributed by atoms with van der Waals surface area (Å²) >= 11 is 0. The first-order valence-corrected chi connectivity index (χ1v) is 8.46. The Hall–Kier alpha value is -3.00. The first-order chi connectivity index (χ1) is 12.6. The molecule has 8 heteroatoms. The number of benzene rings is 1. The summed E-state index contributed by atoms with van der Waals surface area (Å²) in [5.41, 5.74) is 3.21. The monoisotopic (exact) mass is 353 g/mol. The highest BCUT2D eigenvalue weighted by Crippen LogP contribution is 2.22. The molecule has 3 aromatic rings. The van der Waals surface area contributed by atoms with Gasteiger partial charge in [0.15, 0.2) is 5.58 Å². The zero-order valence-electron chi connectivity index (χ0n) is 14.7. The van der Waals surface area contributed by atoms with E-state index in [4.69, 9.17) is 9.15 Å². The maximum atomic E-state index is 12.8. The molecule has 2 aromatic heterocycles. The van der Waals surface area contributed by atoms with Gasteiger partial charge in [-0.1, -0.05) is 12.1 Å². The highest BCUT2D eigenvalue weighted by atomic mass is 16.5. The van der Waals surface area contributed by atoms with Crippen molar-refractivity contribution < 1.29 is 13.9 Å². The minimum Gasteiger partial charge on any atom is -0.423 e. The van der Waals surface area contributed by atoms with E-state index in [1.165, 1.54) is 0 Å². The molecule has 0 radical (unpaired) electrons. The Kier molecular flexibility index (Phi) is 4.26. The predicted octanol–water partition coefficient (Wildman–Crippen LogP) is 2.45. The van der Waals surface area contributed by atoms with Gasteiger partial charge in [-0.3, -0.25) is 10.1 Å². The zero-order chi connectivity index (χ0) is 18.1. The lowest BCUT2D eigenvalue weighted by atomic mass is 10.1. The number of carbonyl (C=O) groups is 1. The number of para-hydroxylation sites is 2. The predicted molar refractivity (Wildman–Crippen MR) is 95.5 cm³/mol. The molecule has 1 fully saturated rings. The van der Waals surface area contributed by atoms with Crippen molar-refractivity contribution in [1.82, 2.24) is 19.9 Å². The van der Waals surface area contributed by atoms with Crippen LogP contribution in [-0.4, -0.2) is 52.1 Å². The Morgan fingerprint density at radius 1 is 1.08 bits per heavy atom. The molecule has 26 heavy (non-hydrogen) atoms. The number of hydrogen-bond acceptors (Lipinski definition) is 7. The van der Waals surface area contributed by atoms with Crippen LogP contribution in [0.15, 0.2) is 28.7 Å². The lowest BCUT2D eigenvalue weighted by Gasteiger charge is -2.27. The molecule has 1 aliphatic heterocycles. The fraction of sp³-hybridized carbons (Fsp3) is 0.333. The third-order valence-corrected chi connectivity index (χ3v) is 4.30. The van der Waals surface area contributed by atoms with Crippen LogP contribution < -0.4 is 5.32 Å². The summed E-state index contributed by atoms with van der Waals surface area (Å²) in [5, 5.41) is 2.98. The lowest BCUT2D eigenvalue weighted by molar-refractivity contribution is 0.0301. The van der Waals surface area contributed by atoms with Crippen molar-refractivity contribution in [2.24, 2.45) is 0 Å². The molecular weight excluding hydrogens is 334 g/mol. The van der Waals surface area contributed by atoms with E-state index in [9.17, 15) is 4.79 Å². The van der Waals surface area contributed by atoms with Crippen LogP contribution in [0.3, 0.4) is 0 Å². The van der Waals surface area contributed by atoms with Crippen LogP contribution >= 0.6 is 0 Å². The number of morpholine rings is 1. The smallest absolute Gasteiger partial charge is 0.302 e. The summed E-state index contributed by atoms with van der Waals surface area (Å²) in [4.78, 5) is 27.7. The van der Waals surface area contributed by atoms with Gasteiger partial charge in [0.05, 0.1) is 30.2 Å². The van der Waals surface area contributed by atoms with E-state index < -0.39 is 0 Å². The Morgan fingerprint density at radius 3 is 2.46 bits per heavy atom. The molecule has 0 atom stereocenters. The summed E-state index contributed by atoms with van der Waals surface area (Å²) in [6.07, 6.45) is 0. The third-order valence-electron chi connectivity index (χ3n) is 4.30. The maximum Gasteiger partial charge on any atom is 0.302 e. The Balaban J connectivity index is 1.59. The van der Waals surface area contributed by atoms with Crippen LogP contribution in [0.1, 0.15) is 21.7 Å². The van der Waals surface area contributed by atoms with E-state index in [-0.39, 0.29) is 5.91 Å². The van der Waals surface area contributed by atoms with E-state index in [0.29, 0.717) is 60.8 Å². The van der Waals surface area contributed by atoms with Crippen molar-refractivity contribution in [1.29, 1.82) is 0 Å². The second-order valence-electron chi connectivity index (χ2n) is 6.11.